The van der Waals surface area contributed by atoms with Crippen molar-refractivity contribution >= 4 is 0 Å². The smallest absolute Gasteiger partial charge is 0.00975 e. The van der Waals surface area contributed by atoms with E-state index < -0.39 is 0 Å². The summed E-state index contributed by atoms with van der Waals surface area (Å²) in [5.74, 6) is 0. The Bertz CT molecular complexity index is 54.0. The zero-order chi connectivity index (χ0) is 6.62. The van der Waals surface area contributed by atoms with Gasteiger partial charge in [0.1, 0.15) is 0 Å². The SMILES string of the molecule is CC(C)(N)CCCN. The van der Waals surface area contributed by atoms with Crippen molar-refractivity contribution in [2.75, 3.05) is 6.54 Å². The molecular formula is C6H16N2. The summed E-state index contributed by atoms with van der Waals surface area (Å²) in [6.07, 6.45) is 2.05. The second-order valence-electron chi connectivity index (χ2n) is 2.88. The summed E-state index contributed by atoms with van der Waals surface area (Å²) < 4.78 is 0. The Labute approximate surface area is 51.2 Å². The van der Waals surface area contributed by atoms with Crippen LogP contribution < -0.4 is 11.5 Å². The summed E-state index contributed by atoms with van der Waals surface area (Å²) in [6, 6.07) is 0. The van der Waals surface area contributed by atoms with Crippen molar-refractivity contribution in [2.24, 2.45) is 11.5 Å². The van der Waals surface area contributed by atoms with Crippen LogP contribution in [0.15, 0.2) is 0 Å². The zero-order valence-electron chi connectivity index (χ0n) is 5.78. The molecule has 0 rings (SSSR count). The van der Waals surface area contributed by atoms with E-state index in [1.165, 1.54) is 0 Å². The fourth-order valence-corrected chi connectivity index (χ4v) is 0.558. The first-order chi connectivity index (χ1) is 3.56. The lowest BCUT2D eigenvalue weighted by Gasteiger charge is -2.16. The topological polar surface area (TPSA) is 52.0 Å². The minimum Gasteiger partial charge on any atom is -0.330 e. The van der Waals surface area contributed by atoms with Gasteiger partial charge < -0.3 is 11.5 Å². The first-order valence-corrected chi connectivity index (χ1v) is 3.05. The Hall–Kier alpha value is -0.0800. The van der Waals surface area contributed by atoms with Gasteiger partial charge in [-0.25, -0.2) is 0 Å². The van der Waals surface area contributed by atoms with E-state index >= 15 is 0 Å². The van der Waals surface area contributed by atoms with Gasteiger partial charge in [0.05, 0.1) is 0 Å². The molecule has 0 atom stereocenters. The van der Waals surface area contributed by atoms with E-state index in [1.54, 1.807) is 0 Å². The van der Waals surface area contributed by atoms with Crippen LogP contribution in [-0.2, 0) is 0 Å². The van der Waals surface area contributed by atoms with Crippen LogP contribution in [0.3, 0.4) is 0 Å². The van der Waals surface area contributed by atoms with Crippen molar-refractivity contribution in [1.29, 1.82) is 0 Å². The molecule has 0 saturated heterocycles. The molecule has 0 aliphatic rings. The standard InChI is InChI=1S/C6H16N2/c1-6(2,8)4-3-5-7/h3-5,7-8H2,1-2H3. The maximum atomic E-state index is 5.67. The minimum absolute atomic E-state index is 0.0284. The molecule has 2 nitrogen and oxygen atoms in total. The lowest BCUT2D eigenvalue weighted by molar-refractivity contribution is 0.462. The van der Waals surface area contributed by atoms with Crippen molar-refractivity contribution in [3.8, 4) is 0 Å². The largest absolute Gasteiger partial charge is 0.330 e. The normalized spacial score (nSPS) is 12.0. The highest BCUT2D eigenvalue weighted by molar-refractivity contribution is 4.70. The molecule has 2 heteroatoms. The molecule has 0 bridgehead atoms. The summed E-state index contributed by atoms with van der Waals surface area (Å²) in [6.45, 7) is 4.78. The molecule has 0 spiro atoms. The molecular weight excluding hydrogens is 100 g/mol. The van der Waals surface area contributed by atoms with Crippen LogP contribution >= 0.6 is 0 Å². The Kier molecular flexibility index (Phi) is 3.02. The lowest BCUT2D eigenvalue weighted by Crippen LogP contribution is -2.32. The fourth-order valence-electron chi connectivity index (χ4n) is 0.558. The van der Waals surface area contributed by atoms with Gasteiger partial charge in [-0.15, -0.1) is 0 Å². The average molecular weight is 116 g/mol. The number of nitrogens with two attached hydrogens (primary N) is 2. The van der Waals surface area contributed by atoms with Gasteiger partial charge in [0.15, 0.2) is 0 Å². The molecule has 0 aromatic carbocycles. The van der Waals surface area contributed by atoms with Gasteiger partial charge in [0.2, 0.25) is 0 Å². The first-order valence-electron chi connectivity index (χ1n) is 3.05. The van der Waals surface area contributed by atoms with Crippen molar-refractivity contribution in [2.45, 2.75) is 32.2 Å². The molecule has 0 aliphatic heterocycles. The highest BCUT2D eigenvalue weighted by Crippen LogP contribution is 2.04. The van der Waals surface area contributed by atoms with Crippen LogP contribution in [-0.4, -0.2) is 12.1 Å². The van der Waals surface area contributed by atoms with Crippen molar-refractivity contribution in [1.82, 2.24) is 0 Å². The van der Waals surface area contributed by atoms with Gasteiger partial charge in [-0.3, -0.25) is 0 Å². The van der Waals surface area contributed by atoms with Gasteiger partial charge in [0.25, 0.3) is 0 Å². The molecule has 0 radical (unpaired) electrons. The summed E-state index contributed by atoms with van der Waals surface area (Å²) in [4.78, 5) is 0. The highest BCUT2D eigenvalue weighted by Gasteiger charge is 2.07. The molecule has 0 fully saturated rings. The number of hydrogen-bond donors (Lipinski definition) is 2. The Morgan fingerprint density at radius 3 is 2.00 bits per heavy atom. The quantitative estimate of drug-likeness (QED) is 0.563. The second kappa shape index (κ2) is 3.05. The van der Waals surface area contributed by atoms with Gasteiger partial charge in [0, 0.05) is 5.54 Å². The van der Waals surface area contributed by atoms with E-state index in [9.17, 15) is 0 Å². The molecule has 50 valence electrons. The Balaban J connectivity index is 3.11. The summed E-state index contributed by atoms with van der Waals surface area (Å²) in [5, 5.41) is 0. The van der Waals surface area contributed by atoms with E-state index in [-0.39, 0.29) is 5.54 Å². The maximum Gasteiger partial charge on any atom is 0.00975 e. The monoisotopic (exact) mass is 116 g/mol. The highest BCUT2D eigenvalue weighted by atomic mass is 14.7. The second-order valence-corrected chi connectivity index (χ2v) is 2.88. The third-order valence-corrected chi connectivity index (χ3v) is 1.03. The van der Waals surface area contributed by atoms with Gasteiger partial charge in [-0.05, 0) is 33.2 Å². The van der Waals surface area contributed by atoms with E-state index in [2.05, 4.69) is 0 Å². The molecule has 0 heterocycles. The number of hydrogen-bond acceptors (Lipinski definition) is 2. The molecule has 0 aliphatic carbocycles. The third-order valence-electron chi connectivity index (χ3n) is 1.03. The van der Waals surface area contributed by atoms with Crippen LogP contribution in [0.5, 0.6) is 0 Å². The third kappa shape index (κ3) is 5.92. The van der Waals surface area contributed by atoms with E-state index in [0.29, 0.717) is 0 Å². The minimum atomic E-state index is -0.0284. The molecule has 0 unspecified atom stereocenters. The summed E-state index contributed by atoms with van der Waals surface area (Å²) >= 11 is 0. The molecule has 0 aromatic heterocycles. The summed E-state index contributed by atoms with van der Waals surface area (Å²) in [5.41, 5.74) is 10.9. The van der Waals surface area contributed by atoms with Gasteiger partial charge in [-0.1, -0.05) is 0 Å². The molecule has 0 aromatic rings. The van der Waals surface area contributed by atoms with Gasteiger partial charge in [-0.2, -0.15) is 0 Å². The lowest BCUT2D eigenvalue weighted by atomic mass is 10.0. The molecule has 0 amide bonds. The maximum absolute atomic E-state index is 5.67. The average Bonchev–Trinajstić information content (AvgIpc) is 1.59. The molecule has 0 saturated carbocycles. The summed E-state index contributed by atoms with van der Waals surface area (Å²) in [7, 11) is 0. The number of rotatable bonds is 3. The fraction of sp³-hybridized carbons (Fsp3) is 1.00. The van der Waals surface area contributed by atoms with Crippen LogP contribution in [0, 0.1) is 0 Å². The van der Waals surface area contributed by atoms with Crippen LogP contribution in [0.1, 0.15) is 26.7 Å². The Morgan fingerprint density at radius 2 is 1.88 bits per heavy atom. The van der Waals surface area contributed by atoms with Crippen molar-refractivity contribution in [3.63, 3.8) is 0 Å². The van der Waals surface area contributed by atoms with Crippen LogP contribution in [0.4, 0.5) is 0 Å². The molecule has 4 N–H and O–H groups in total. The van der Waals surface area contributed by atoms with Crippen molar-refractivity contribution < 1.29 is 0 Å². The van der Waals surface area contributed by atoms with Crippen LogP contribution in [0.2, 0.25) is 0 Å². The van der Waals surface area contributed by atoms with Crippen LogP contribution in [0.25, 0.3) is 0 Å². The van der Waals surface area contributed by atoms with Crippen molar-refractivity contribution in [3.05, 3.63) is 0 Å². The Morgan fingerprint density at radius 1 is 1.38 bits per heavy atom. The van der Waals surface area contributed by atoms with E-state index in [4.69, 9.17) is 11.5 Å². The predicted octanol–water partition coefficient (Wildman–Crippen LogP) is 0.463. The van der Waals surface area contributed by atoms with Gasteiger partial charge >= 0.3 is 0 Å². The zero-order valence-corrected chi connectivity index (χ0v) is 5.78. The predicted molar refractivity (Wildman–Crippen MR) is 36.6 cm³/mol. The molecule has 8 heavy (non-hydrogen) atoms. The first kappa shape index (κ1) is 7.92. The van der Waals surface area contributed by atoms with E-state index in [1.807, 2.05) is 13.8 Å². The van der Waals surface area contributed by atoms with E-state index in [0.717, 1.165) is 19.4 Å².